The largest absolute Gasteiger partial charge is 0.299 e. The Bertz CT molecular complexity index is 1090. The number of aryl methyl sites for hydroxylation is 1. The Morgan fingerprint density at radius 1 is 1.04 bits per heavy atom. The molecule has 0 N–H and O–H groups in total. The molecule has 0 unspecified atom stereocenters. The number of rotatable bonds is 4. The highest BCUT2D eigenvalue weighted by molar-refractivity contribution is 7.99. The molecule has 0 saturated heterocycles. The third kappa shape index (κ3) is 2.74. The van der Waals surface area contributed by atoms with Gasteiger partial charge in [0.2, 0.25) is 0 Å². The molecule has 0 amide bonds. The minimum absolute atomic E-state index is 0.463. The summed E-state index contributed by atoms with van der Waals surface area (Å²) < 4.78 is 2.24. The SMILES string of the molecule is Cc1ccc2ncnc(Sc3nnc(-c4ccncc4)n3C3CC3)c2c1. The van der Waals surface area contributed by atoms with Crippen molar-refractivity contribution in [2.45, 2.75) is 36.0 Å². The van der Waals surface area contributed by atoms with Gasteiger partial charge in [-0.3, -0.25) is 9.55 Å². The Labute approximate surface area is 154 Å². The molecule has 0 atom stereocenters. The maximum atomic E-state index is 4.51. The first-order chi connectivity index (χ1) is 12.8. The van der Waals surface area contributed by atoms with E-state index in [1.165, 1.54) is 5.56 Å². The number of hydrogen-bond acceptors (Lipinski definition) is 6. The van der Waals surface area contributed by atoms with Crippen molar-refractivity contribution in [2.75, 3.05) is 0 Å². The smallest absolute Gasteiger partial charge is 0.198 e. The van der Waals surface area contributed by atoms with Gasteiger partial charge in [0, 0.05) is 29.4 Å². The standard InChI is InChI=1S/C19H16N6S/c1-12-2-5-16-15(10-12)18(22-11-21-16)26-19-24-23-17(25(19)14-3-4-14)13-6-8-20-9-7-13/h2,5-11,14H,3-4H2,1H3. The van der Waals surface area contributed by atoms with Crippen LogP contribution in [0.3, 0.4) is 0 Å². The van der Waals surface area contributed by atoms with Crippen molar-refractivity contribution in [3.8, 4) is 11.4 Å². The van der Waals surface area contributed by atoms with Gasteiger partial charge < -0.3 is 0 Å². The van der Waals surface area contributed by atoms with Crippen molar-refractivity contribution in [3.05, 3.63) is 54.6 Å². The third-order valence-corrected chi connectivity index (χ3v) is 5.44. The van der Waals surface area contributed by atoms with Crippen molar-refractivity contribution in [1.82, 2.24) is 29.7 Å². The van der Waals surface area contributed by atoms with Crippen molar-refractivity contribution in [2.24, 2.45) is 0 Å². The molecule has 4 aromatic rings. The normalized spacial score (nSPS) is 14.0. The fourth-order valence-electron chi connectivity index (χ4n) is 3.02. The van der Waals surface area contributed by atoms with E-state index in [1.54, 1.807) is 30.5 Å². The van der Waals surface area contributed by atoms with E-state index in [4.69, 9.17) is 0 Å². The summed E-state index contributed by atoms with van der Waals surface area (Å²) in [5.74, 6) is 0.895. The molecule has 3 heterocycles. The Balaban J connectivity index is 1.60. The highest BCUT2D eigenvalue weighted by Gasteiger charge is 2.30. The van der Waals surface area contributed by atoms with Gasteiger partial charge in [0.1, 0.15) is 11.4 Å². The second kappa shape index (κ2) is 6.17. The Morgan fingerprint density at radius 3 is 2.69 bits per heavy atom. The van der Waals surface area contributed by atoms with Crippen LogP contribution in [-0.4, -0.2) is 29.7 Å². The molecule has 0 spiro atoms. The number of nitrogens with zero attached hydrogens (tertiary/aromatic N) is 6. The van der Waals surface area contributed by atoms with Crippen LogP contribution in [0.2, 0.25) is 0 Å². The lowest BCUT2D eigenvalue weighted by molar-refractivity contribution is 0.669. The van der Waals surface area contributed by atoms with E-state index >= 15 is 0 Å². The minimum Gasteiger partial charge on any atom is -0.299 e. The third-order valence-electron chi connectivity index (χ3n) is 4.46. The van der Waals surface area contributed by atoms with Crippen LogP contribution in [0, 0.1) is 6.92 Å². The monoisotopic (exact) mass is 360 g/mol. The fourth-order valence-corrected chi connectivity index (χ4v) is 3.98. The van der Waals surface area contributed by atoms with Gasteiger partial charge in [0.05, 0.1) is 5.52 Å². The predicted octanol–water partition coefficient (Wildman–Crippen LogP) is 4.08. The molecule has 6 nitrogen and oxygen atoms in total. The average molecular weight is 360 g/mol. The molecule has 7 heteroatoms. The van der Waals surface area contributed by atoms with Gasteiger partial charge in [-0.2, -0.15) is 0 Å². The molecule has 1 fully saturated rings. The first kappa shape index (κ1) is 15.5. The van der Waals surface area contributed by atoms with Crippen molar-refractivity contribution in [1.29, 1.82) is 0 Å². The van der Waals surface area contributed by atoms with Crippen LogP contribution in [-0.2, 0) is 0 Å². The lowest BCUT2D eigenvalue weighted by Crippen LogP contribution is -2.00. The van der Waals surface area contributed by atoms with Crippen molar-refractivity contribution < 1.29 is 0 Å². The molecule has 26 heavy (non-hydrogen) atoms. The predicted molar refractivity (Wildman–Crippen MR) is 99.9 cm³/mol. The van der Waals surface area contributed by atoms with Crippen LogP contribution in [0.25, 0.3) is 22.3 Å². The topological polar surface area (TPSA) is 69.4 Å². The van der Waals surface area contributed by atoms with Gasteiger partial charge in [-0.15, -0.1) is 10.2 Å². The summed E-state index contributed by atoms with van der Waals surface area (Å²) in [5, 5.41) is 11.8. The van der Waals surface area contributed by atoms with Crippen molar-refractivity contribution >= 4 is 22.7 Å². The molecule has 1 saturated carbocycles. The van der Waals surface area contributed by atoms with Crippen LogP contribution in [0.1, 0.15) is 24.4 Å². The van der Waals surface area contributed by atoms with Crippen LogP contribution in [0.15, 0.2) is 59.2 Å². The molecular weight excluding hydrogens is 344 g/mol. The van der Waals surface area contributed by atoms with E-state index in [0.717, 1.165) is 45.3 Å². The molecule has 0 bridgehead atoms. The van der Waals surface area contributed by atoms with Gasteiger partial charge in [-0.25, -0.2) is 9.97 Å². The summed E-state index contributed by atoms with van der Waals surface area (Å²) in [4.78, 5) is 13.0. The number of aromatic nitrogens is 6. The highest BCUT2D eigenvalue weighted by atomic mass is 32.2. The maximum absolute atomic E-state index is 4.51. The Hall–Kier alpha value is -2.80. The lowest BCUT2D eigenvalue weighted by atomic mass is 10.2. The van der Waals surface area contributed by atoms with Gasteiger partial charge >= 0.3 is 0 Å². The van der Waals surface area contributed by atoms with Crippen LogP contribution < -0.4 is 0 Å². The molecule has 0 aliphatic heterocycles. The Morgan fingerprint density at radius 2 is 1.88 bits per heavy atom. The maximum Gasteiger partial charge on any atom is 0.198 e. The number of fused-ring (bicyclic) bond motifs is 1. The number of hydrogen-bond donors (Lipinski definition) is 0. The van der Waals surface area contributed by atoms with E-state index < -0.39 is 0 Å². The molecule has 128 valence electrons. The zero-order chi connectivity index (χ0) is 17.5. The summed E-state index contributed by atoms with van der Waals surface area (Å²) in [6.07, 6.45) is 7.51. The number of pyridine rings is 1. The molecule has 5 rings (SSSR count). The second-order valence-electron chi connectivity index (χ2n) is 6.44. The molecule has 1 aliphatic carbocycles. The summed E-state index contributed by atoms with van der Waals surface area (Å²) in [5.41, 5.74) is 3.17. The van der Waals surface area contributed by atoms with Gasteiger partial charge in [-0.1, -0.05) is 11.6 Å². The van der Waals surface area contributed by atoms with Gasteiger partial charge in [0.25, 0.3) is 0 Å². The van der Waals surface area contributed by atoms with Gasteiger partial charge in [-0.05, 0) is 55.8 Å². The molecule has 1 aliphatic rings. The van der Waals surface area contributed by atoms with Crippen LogP contribution in [0.5, 0.6) is 0 Å². The highest BCUT2D eigenvalue weighted by Crippen LogP contribution is 2.42. The van der Waals surface area contributed by atoms with E-state index in [1.807, 2.05) is 18.2 Å². The zero-order valence-electron chi connectivity index (χ0n) is 14.2. The Kier molecular flexibility index (Phi) is 3.67. The molecule has 0 radical (unpaired) electrons. The summed E-state index contributed by atoms with van der Waals surface area (Å²) >= 11 is 1.56. The van der Waals surface area contributed by atoms with Crippen LogP contribution in [0.4, 0.5) is 0 Å². The summed E-state index contributed by atoms with van der Waals surface area (Å²) in [6.45, 7) is 2.08. The quantitative estimate of drug-likeness (QED) is 0.511. The lowest BCUT2D eigenvalue weighted by Gasteiger charge is -2.09. The summed E-state index contributed by atoms with van der Waals surface area (Å²) in [6, 6.07) is 10.6. The van der Waals surface area contributed by atoms with E-state index in [2.05, 4.69) is 48.8 Å². The average Bonchev–Trinajstić information content (AvgIpc) is 3.43. The zero-order valence-corrected chi connectivity index (χ0v) is 15.0. The van der Waals surface area contributed by atoms with Crippen LogP contribution >= 0.6 is 11.8 Å². The second-order valence-corrected chi connectivity index (χ2v) is 7.40. The van der Waals surface area contributed by atoms with Crippen molar-refractivity contribution in [3.63, 3.8) is 0 Å². The molecule has 1 aromatic carbocycles. The first-order valence-electron chi connectivity index (χ1n) is 8.54. The van der Waals surface area contributed by atoms with E-state index in [9.17, 15) is 0 Å². The van der Waals surface area contributed by atoms with E-state index in [0.29, 0.717) is 6.04 Å². The molecule has 3 aromatic heterocycles. The summed E-state index contributed by atoms with van der Waals surface area (Å²) in [7, 11) is 0. The number of benzene rings is 1. The minimum atomic E-state index is 0.463. The van der Waals surface area contributed by atoms with Gasteiger partial charge in [0.15, 0.2) is 11.0 Å². The molecular formula is C19H16N6S. The first-order valence-corrected chi connectivity index (χ1v) is 9.36. The fraction of sp³-hybridized carbons (Fsp3) is 0.211. The van der Waals surface area contributed by atoms with E-state index in [-0.39, 0.29) is 0 Å².